The van der Waals surface area contributed by atoms with Crippen LogP contribution in [0.1, 0.15) is 14.5 Å². The standard InChI is InChI=1S/C19H23N3O2S/c1-15-8-9-17(25-15)19(24)22-12-10-21(11-13-22)18(23)14-20(2)16-6-4-3-5-7-16/h3-9H,10-14H2,1-2H3. The van der Waals surface area contributed by atoms with Gasteiger partial charge in [0.1, 0.15) is 0 Å². The molecule has 1 saturated heterocycles. The lowest BCUT2D eigenvalue weighted by Gasteiger charge is -2.35. The summed E-state index contributed by atoms with van der Waals surface area (Å²) in [6, 6.07) is 13.7. The van der Waals surface area contributed by atoms with Gasteiger partial charge in [0.25, 0.3) is 5.91 Å². The minimum absolute atomic E-state index is 0.0756. The Morgan fingerprint density at radius 2 is 1.64 bits per heavy atom. The topological polar surface area (TPSA) is 43.9 Å². The Morgan fingerprint density at radius 3 is 2.24 bits per heavy atom. The van der Waals surface area contributed by atoms with E-state index in [-0.39, 0.29) is 11.8 Å². The Morgan fingerprint density at radius 1 is 1.00 bits per heavy atom. The summed E-state index contributed by atoms with van der Waals surface area (Å²) >= 11 is 1.52. The molecule has 1 aromatic heterocycles. The van der Waals surface area contributed by atoms with Crippen LogP contribution in [0, 0.1) is 6.92 Å². The third-order valence-electron chi connectivity index (χ3n) is 4.44. The molecule has 1 aliphatic rings. The number of aryl methyl sites for hydroxylation is 1. The first-order valence-corrected chi connectivity index (χ1v) is 9.26. The number of carbonyl (C=O) groups is 2. The largest absolute Gasteiger partial charge is 0.365 e. The predicted octanol–water partition coefficient (Wildman–Crippen LogP) is 2.48. The maximum Gasteiger partial charge on any atom is 0.264 e. The lowest BCUT2D eigenvalue weighted by Crippen LogP contribution is -2.52. The molecule has 0 N–H and O–H groups in total. The Hall–Kier alpha value is -2.34. The molecule has 1 aromatic carbocycles. The van der Waals surface area contributed by atoms with Crippen molar-refractivity contribution in [2.45, 2.75) is 6.92 Å². The van der Waals surface area contributed by atoms with Crippen molar-refractivity contribution in [1.29, 1.82) is 0 Å². The molecule has 1 aliphatic heterocycles. The number of hydrogen-bond acceptors (Lipinski definition) is 4. The van der Waals surface area contributed by atoms with Crippen LogP contribution in [0.4, 0.5) is 5.69 Å². The summed E-state index contributed by atoms with van der Waals surface area (Å²) in [5.41, 5.74) is 1.03. The van der Waals surface area contributed by atoms with Crippen LogP contribution in [-0.4, -0.2) is 61.4 Å². The highest BCUT2D eigenvalue weighted by molar-refractivity contribution is 7.13. The minimum atomic E-state index is 0.0756. The van der Waals surface area contributed by atoms with Gasteiger partial charge in [0.2, 0.25) is 5.91 Å². The fourth-order valence-electron chi connectivity index (χ4n) is 2.94. The zero-order valence-electron chi connectivity index (χ0n) is 14.6. The number of nitrogens with zero attached hydrogens (tertiary/aromatic N) is 3. The maximum atomic E-state index is 12.5. The van der Waals surface area contributed by atoms with Crippen molar-refractivity contribution in [2.24, 2.45) is 0 Å². The average Bonchev–Trinajstić information content (AvgIpc) is 3.08. The van der Waals surface area contributed by atoms with Crippen LogP contribution in [0.5, 0.6) is 0 Å². The second kappa shape index (κ2) is 7.70. The summed E-state index contributed by atoms with van der Waals surface area (Å²) in [4.78, 5) is 32.6. The minimum Gasteiger partial charge on any atom is -0.365 e. The molecule has 2 aromatic rings. The molecule has 1 fully saturated rings. The molecule has 3 rings (SSSR count). The maximum absolute atomic E-state index is 12.5. The second-order valence-corrected chi connectivity index (χ2v) is 7.56. The van der Waals surface area contributed by atoms with Crippen molar-refractivity contribution in [3.05, 3.63) is 52.2 Å². The average molecular weight is 357 g/mol. The van der Waals surface area contributed by atoms with E-state index < -0.39 is 0 Å². The summed E-state index contributed by atoms with van der Waals surface area (Å²) < 4.78 is 0. The second-order valence-electron chi connectivity index (χ2n) is 6.27. The van der Waals surface area contributed by atoms with Crippen LogP contribution in [0.2, 0.25) is 0 Å². The number of likely N-dealkylation sites (N-methyl/N-ethyl adjacent to an activating group) is 1. The molecule has 0 radical (unpaired) electrons. The van der Waals surface area contributed by atoms with Gasteiger partial charge in [-0.3, -0.25) is 9.59 Å². The fourth-order valence-corrected chi connectivity index (χ4v) is 3.78. The summed E-state index contributed by atoms with van der Waals surface area (Å²) in [7, 11) is 1.92. The summed E-state index contributed by atoms with van der Waals surface area (Å²) in [6.45, 7) is 4.73. The number of anilines is 1. The monoisotopic (exact) mass is 357 g/mol. The number of para-hydroxylation sites is 1. The van der Waals surface area contributed by atoms with E-state index in [0.717, 1.165) is 15.4 Å². The third kappa shape index (κ3) is 4.20. The number of carbonyl (C=O) groups excluding carboxylic acids is 2. The Balaban J connectivity index is 1.51. The van der Waals surface area contributed by atoms with Crippen LogP contribution < -0.4 is 4.90 Å². The molecule has 2 amide bonds. The summed E-state index contributed by atoms with van der Waals surface area (Å²) in [5.74, 6) is 0.178. The first-order valence-electron chi connectivity index (χ1n) is 8.44. The van der Waals surface area contributed by atoms with E-state index in [0.29, 0.717) is 32.7 Å². The predicted molar refractivity (Wildman–Crippen MR) is 101 cm³/mol. The van der Waals surface area contributed by atoms with Gasteiger partial charge in [-0.05, 0) is 31.2 Å². The highest BCUT2D eigenvalue weighted by Crippen LogP contribution is 2.18. The van der Waals surface area contributed by atoms with E-state index in [4.69, 9.17) is 0 Å². The Labute approximate surface area is 152 Å². The first-order chi connectivity index (χ1) is 12.0. The van der Waals surface area contributed by atoms with E-state index in [9.17, 15) is 9.59 Å². The number of amides is 2. The SMILES string of the molecule is Cc1ccc(C(=O)N2CCN(C(=O)CN(C)c3ccccc3)CC2)s1. The van der Waals surface area contributed by atoms with Crippen molar-refractivity contribution >= 4 is 28.8 Å². The lowest BCUT2D eigenvalue weighted by atomic mass is 10.2. The molecule has 2 heterocycles. The highest BCUT2D eigenvalue weighted by Gasteiger charge is 2.25. The van der Waals surface area contributed by atoms with Crippen molar-refractivity contribution in [3.8, 4) is 0 Å². The van der Waals surface area contributed by atoms with E-state index in [1.54, 1.807) is 0 Å². The normalized spacial score (nSPS) is 14.5. The molecule has 0 saturated carbocycles. The smallest absolute Gasteiger partial charge is 0.264 e. The number of piperazine rings is 1. The molecular weight excluding hydrogens is 334 g/mol. The molecule has 5 nitrogen and oxygen atoms in total. The molecule has 0 unspecified atom stereocenters. The van der Waals surface area contributed by atoms with Crippen LogP contribution in [0.3, 0.4) is 0 Å². The molecule has 0 bridgehead atoms. The highest BCUT2D eigenvalue weighted by atomic mass is 32.1. The van der Waals surface area contributed by atoms with Gasteiger partial charge in [0.15, 0.2) is 0 Å². The molecule has 132 valence electrons. The third-order valence-corrected chi connectivity index (χ3v) is 5.43. The van der Waals surface area contributed by atoms with Gasteiger partial charge < -0.3 is 14.7 Å². The van der Waals surface area contributed by atoms with Crippen LogP contribution in [0.25, 0.3) is 0 Å². The first kappa shape index (κ1) is 17.5. The van der Waals surface area contributed by atoms with Gasteiger partial charge in [0.05, 0.1) is 11.4 Å². The van der Waals surface area contributed by atoms with Gasteiger partial charge in [-0.15, -0.1) is 11.3 Å². The van der Waals surface area contributed by atoms with Gasteiger partial charge in [-0.2, -0.15) is 0 Å². The van der Waals surface area contributed by atoms with Crippen LogP contribution in [0.15, 0.2) is 42.5 Å². The molecule has 6 heteroatoms. The number of benzene rings is 1. The van der Waals surface area contributed by atoms with Crippen molar-refractivity contribution in [1.82, 2.24) is 9.80 Å². The van der Waals surface area contributed by atoms with Crippen molar-refractivity contribution < 1.29 is 9.59 Å². The lowest BCUT2D eigenvalue weighted by molar-refractivity contribution is -0.131. The zero-order chi connectivity index (χ0) is 17.8. The molecular formula is C19H23N3O2S. The van der Waals surface area contributed by atoms with E-state index >= 15 is 0 Å². The van der Waals surface area contributed by atoms with Gasteiger partial charge in [-0.25, -0.2) is 0 Å². The van der Waals surface area contributed by atoms with Gasteiger partial charge in [0, 0.05) is 43.8 Å². The quantitative estimate of drug-likeness (QED) is 0.844. The molecule has 25 heavy (non-hydrogen) atoms. The molecule has 0 aliphatic carbocycles. The number of hydrogen-bond donors (Lipinski definition) is 0. The van der Waals surface area contributed by atoms with Crippen LogP contribution in [-0.2, 0) is 4.79 Å². The van der Waals surface area contributed by atoms with E-state index in [1.165, 1.54) is 11.3 Å². The van der Waals surface area contributed by atoms with Crippen molar-refractivity contribution in [3.63, 3.8) is 0 Å². The zero-order valence-corrected chi connectivity index (χ0v) is 15.5. The number of thiophene rings is 1. The molecule has 0 atom stereocenters. The fraction of sp³-hybridized carbons (Fsp3) is 0.368. The van der Waals surface area contributed by atoms with E-state index in [1.807, 2.05) is 71.1 Å². The number of rotatable bonds is 4. The van der Waals surface area contributed by atoms with E-state index in [2.05, 4.69) is 0 Å². The Kier molecular flexibility index (Phi) is 5.38. The van der Waals surface area contributed by atoms with Crippen molar-refractivity contribution in [2.75, 3.05) is 44.7 Å². The summed E-state index contributed by atoms with van der Waals surface area (Å²) in [6.07, 6.45) is 0. The summed E-state index contributed by atoms with van der Waals surface area (Å²) in [5, 5.41) is 0. The van der Waals surface area contributed by atoms with Gasteiger partial charge in [-0.1, -0.05) is 18.2 Å². The Bertz CT molecular complexity index is 736. The van der Waals surface area contributed by atoms with Crippen LogP contribution >= 0.6 is 11.3 Å². The van der Waals surface area contributed by atoms with Gasteiger partial charge >= 0.3 is 0 Å². The molecule has 0 spiro atoms.